The van der Waals surface area contributed by atoms with Crippen molar-refractivity contribution in [1.29, 1.82) is 0 Å². The highest BCUT2D eigenvalue weighted by molar-refractivity contribution is 5.51. The van der Waals surface area contributed by atoms with E-state index >= 15 is 0 Å². The highest BCUT2D eigenvalue weighted by atomic mass is 16.6. The molecule has 6 nitrogen and oxygen atoms in total. The lowest BCUT2D eigenvalue weighted by Crippen LogP contribution is -2.28. The molecule has 0 saturated carbocycles. The van der Waals surface area contributed by atoms with E-state index in [0.29, 0.717) is 6.54 Å². The van der Waals surface area contributed by atoms with Crippen molar-refractivity contribution in [3.8, 4) is 0 Å². The summed E-state index contributed by atoms with van der Waals surface area (Å²) in [6, 6.07) is 6.73. The van der Waals surface area contributed by atoms with Crippen molar-refractivity contribution in [3.05, 3.63) is 34.4 Å². The van der Waals surface area contributed by atoms with Crippen LogP contribution in [0.25, 0.3) is 0 Å². The second kappa shape index (κ2) is 5.57. The Bertz CT molecular complexity index is 444. The summed E-state index contributed by atoms with van der Waals surface area (Å²) in [5.74, 6) is 0. The fourth-order valence-corrected chi connectivity index (χ4v) is 1.99. The average molecular weight is 248 g/mol. The van der Waals surface area contributed by atoms with Crippen LogP contribution in [0.2, 0.25) is 0 Å². The Balaban J connectivity index is 2.09. The van der Waals surface area contributed by atoms with E-state index in [4.69, 9.17) is 0 Å². The molecule has 1 atom stereocenters. The van der Waals surface area contributed by atoms with Crippen LogP contribution in [0, 0.1) is 10.1 Å². The first-order valence-electron chi connectivity index (χ1n) is 6.13. The van der Waals surface area contributed by atoms with Crippen molar-refractivity contribution >= 4 is 11.4 Å². The molecule has 96 valence electrons. The molecule has 1 aromatic rings. The van der Waals surface area contributed by atoms with Crippen molar-refractivity contribution in [3.63, 3.8) is 0 Å². The van der Waals surface area contributed by atoms with Gasteiger partial charge in [0.25, 0.3) is 5.69 Å². The lowest BCUT2D eigenvalue weighted by Gasteiger charge is -2.21. The Morgan fingerprint density at radius 2 is 2.17 bits per heavy atom. The van der Waals surface area contributed by atoms with Crippen molar-refractivity contribution in [2.75, 3.05) is 11.6 Å². The molecule has 2 rings (SSSR count). The van der Waals surface area contributed by atoms with Gasteiger partial charge in [-0.2, -0.15) is 5.11 Å². The molecule has 1 aromatic carbocycles. The molecular formula is C12H16N4O2. The lowest BCUT2D eigenvalue weighted by atomic mass is 10.1. The second-order valence-electron chi connectivity index (χ2n) is 4.33. The number of rotatable bonds is 5. The van der Waals surface area contributed by atoms with E-state index in [1.54, 1.807) is 12.1 Å². The Morgan fingerprint density at radius 3 is 2.78 bits per heavy atom. The smallest absolute Gasteiger partial charge is 0.258 e. The molecule has 0 amide bonds. The maximum Gasteiger partial charge on any atom is 0.269 e. The third-order valence-electron chi connectivity index (χ3n) is 3.01. The van der Waals surface area contributed by atoms with E-state index in [9.17, 15) is 10.1 Å². The van der Waals surface area contributed by atoms with Crippen LogP contribution in [0.3, 0.4) is 0 Å². The van der Waals surface area contributed by atoms with Crippen LogP contribution < -0.4 is 5.01 Å². The van der Waals surface area contributed by atoms with Crippen LogP contribution in [0.1, 0.15) is 26.2 Å². The van der Waals surface area contributed by atoms with Crippen molar-refractivity contribution in [2.45, 2.75) is 32.2 Å². The fraction of sp³-hybridized carbons (Fsp3) is 0.500. The third-order valence-corrected chi connectivity index (χ3v) is 3.01. The van der Waals surface area contributed by atoms with Gasteiger partial charge in [-0.1, -0.05) is 25.0 Å². The van der Waals surface area contributed by atoms with Crippen LogP contribution in [0.4, 0.5) is 11.4 Å². The zero-order chi connectivity index (χ0) is 13.0. The van der Waals surface area contributed by atoms with Gasteiger partial charge in [-0.3, -0.25) is 10.1 Å². The molecule has 0 radical (unpaired) electrons. The van der Waals surface area contributed by atoms with Gasteiger partial charge in [0.2, 0.25) is 0 Å². The highest BCUT2D eigenvalue weighted by Crippen LogP contribution is 2.26. The SMILES string of the molecule is CCCCC1CN=NN1c1ccc([N+](=O)[O-])cc1. The van der Waals surface area contributed by atoms with Gasteiger partial charge in [-0.15, -0.1) is 0 Å². The molecule has 0 saturated heterocycles. The van der Waals surface area contributed by atoms with Crippen molar-refractivity contribution in [2.24, 2.45) is 10.3 Å². The zero-order valence-corrected chi connectivity index (χ0v) is 10.3. The molecule has 6 heteroatoms. The summed E-state index contributed by atoms with van der Waals surface area (Å²) in [4.78, 5) is 10.2. The molecule has 0 aliphatic carbocycles. The standard InChI is InChI=1S/C12H16N4O2/c1-2-3-4-12-9-13-14-15(12)10-5-7-11(8-6-10)16(17)18/h5-8,12H,2-4,9H2,1H3. The summed E-state index contributed by atoms with van der Waals surface area (Å²) >= 11 is 0. The van der Waals surface area contributed by atoms with E-state index in [0.717, 1.165) is 24.9 Å². The quantitative estimate of drug-likeness (QED) is 0.592. The van der Waals surface area contributed by atoms with Gasteiger partial charge in [-0.05, 0) is 18.6 Å². The minimum absolute atomic E-state index is 0.0972. The Kier molecular flexibility index (Phi) is 3.86. The second-order valence-corrected chi connectivity index (χ2v) is 4.33. The molecule has 0 aromatic heterocycles. The largest absolute Gasteiger partial charge is 0.269 e. The number of hydrogen-bond acceptors (Lipinski definition) is 5. The number of anilines is 1. The van der Waals surface area contributed by atoms with Crippen molar-refractivity contribution in [1.82, 2.24) is 0 Å². The predicted octanol–water partition coefficient (Wildman–Crippen LogP) is 3.34. The maximum atomic E-state index is 10.6. The average Bonchev–Trinajstić information content (AvgIpc) is 2.84. The number of hydrogen-bond donors (Lipinski definition) is 0. The van der Waals surface area contributed by atoms with Crippen LogP contribution in [0.15, 0.2) is 34.6 Å². The van der Waals surface area contributed by atoms with Gasteiger partial charge in [0.1, 0.15) is 0 Å². The number of nitro benzene ring substituents is 1. The van der Waals surface area contributed by atoms with Gasteiger partial charge in [0, 0.05) is 12.1 Å². The Labute approximate surface area is 105 Å². The predicted molar refractivity (Wildman–Crippen MR) is 68.6 cm³/mol. The zero-order valence-electron chi connectivity index (χ0n) is 10.3. The highest BCUT2D eigenvalue weighted by Gasteiger charge is 2.23. The lowest BCUT2D eigenvalue weighted by molar-refractivity contribution is -0.384. The molecular weight excluding hydrogens is 232 g/mol. The van der Waals surface area contributed by atoms with E-state index < -0.39 is 4.92 Å². The normalized spacial score (nSPS) is 18.3. The number of nitrogens with zero attached hydrogens (tertiary/aromatic N) is 4. The van der Waals surface area contributed by atoms with E-state index in [2.05, 4.69) is 17.3 Å². The Hall–Kier alpha value is -1.98. The van der Waals surface area contributed by atoms with Crippen LogP contribution in [-0.2, 0) is 0 Å². The fourth-order valence-electron chi connectivity index (χ4n) is 1.99. The monoisotopic (exact) mass is 248 g/mol. The first kappa shape index (κ1) is 12.5. The van der Waals surface area contributed by atoms with E-state index in [1.165, 1.54) is 12.1 Å². The molecule has 1 heterocycles. The summed E-state index contributed by atoms with van der Waals surface area (Å²) in [6.07, 6.45) is 3.32. The van der Waals surface area contributed by atoms with Crippen LogP contribution in [-0.4, -0.2) is 17.5 Å². The molecule has 0 bridgehead atoms. The topological polar surface area (TPSA) is 71.1 Å². The van der Waals surface area contributed by atoms with Crippen LogP contribution >= 0.6 is 0 Å². The van der Waals surface area contributed by atoms with Gasteiger partial charge in [0.05, 0.1) is 23.2 Å². The first-order chi connectivity index (χ1) is 8.72. The minimum atomic E-state index is -0.399. The number of nitro groups is 1. The summed E-state index contributed by atoms with van der Waals surface area (Å²) < 4.78 is 0. The van der Waals surface area contributed by atoms with E-state index in [-0.39, 0.29) is 11.7 Å². The molecule has 0 fully saturated rings. The third kappa shape index (κ3) is 2.64. The van der Waals surface area contributed by atoms with E-state index in [1.807, 2.05) is 5.01 Å². The molecule has 0 spiro atoms. The molecule has 1 aliphatic rings. The van der Waals surface area contributed by atoms with Gasteiger partial charge < -0.3 is 0 Å². The summed E-state index contributed by atoms with van der Waals surface area (Å²) in [7, 11) is 0. The number of unbranched alkanes of at least 4 members (excludes halogenated alkanes) is 1. The van der Waals surface area contributed by atoms with Gasteiger partial charge in [0.15, 0.2) is 0 Å². The van der Waals surface area contributed by atoms with Crippen LogP contribution in [0.5, 0.6) is 0 Å². The van der Waals surface area contributed by atoms with Gasteiger partial charge in [-0.25, -0.2) is 5.01 Å². The van der Waals surface area contributed by atoms with Crippen molar-refractivity contribution < 1.29 is 4.92 Å². The Morgan fingerprint density at radius 1 is 1.44 bits per heavy atom. The summed E-state index contributed by atoms with van der Waals surface area (Å²) in [5, 5.41) is 20.6. The molecule has 18 heavy (non-hydrogen) atoms. The molecule has 0 N–H and O–H groups in total. The molecule has 1 aliphatic heterocycles. The summed E-state index contributed by atoms with van der Waals surface area (Å²) in [5.41, 5.74) is 0.961. The maximum absolute atomic E-state index is 10.6. The number of non-ortho nitro benzene ring substituents is 1. The first-order valence-corrected chi connectivity index (χ1v) is 6.13. The summed E-state index contributed by atoms with van der Waals surface area (Å²) in [6.45, 7) is 2.86. The van der Waals surface area contributed by atoms with Gasteiger partial charge >= 0.3 is 0 Å². The molecule has 1 unspecified atom stereocenters. The minimum Gasteiger partial charge on any atom is -0.258 e. The number of benzene rings is 1.